The number of hydrogen-bond acceptors (Lipinski definition) is 4. The standard InChI is InChI=1S/C21H24FN3O3/c1-28-18-8-6-17(7-9-18)24-12-14-25(15-13-24)21(27)20(26)23-11-10-16-4-2-3-5-19(16)22/h2-9H,10-15H2,1H3,(H,23,26). The fourth-order valence-corrected chi connectivity index (χ4v) is 3.19. The Morgan fingerprint density at radius 3 is 2.36 bits per heavy atom. The Balaban J connectivity index is 1.45. The van der Waals surface area contributed by atoms with Crippen LogP contribution in [0.15, 0.2) is 48.5 Å². The quantitative estimate of drug-likeness (QED) is 0.798. The summed E-state index contributed by atoms with van der Waals surface area (Å²) in [7, 11) is 1.63. The minimum Gasteiger partial charge on any atom is -0.497 e. The van der Waals surface area contributed by atoms with Gasteiger partial charge in [0.05, 0.1) is 7.11 Å². The first kappa shape index (κ1) is 19.7. The molecule has 0 spiro atoms. The Kier molecular flexibility index (Phi) is 6.47. The third kappa shape index (κ3) is 4.79. The largest absolute Gasteiger partial charge is 0.497 e. The summed E-state index contributed by atoms with van der Waals surface area (Å²) in [5, 5.41) is 2.59. The van der Waals surface area contributed by atoms with E-state index in [0.29, 0.717) is 38.2 Å². The van der Waals surface area contributed by atoms with Gasteiger partial charge in [-0.05, 0) is 42.3 Å². The van der Waals surface area contributed by atoms with Gasteiger partial charge in [-0.25, -0.2) is 4.39 Å². The first-order chi connectivity index (χ1) is 13.6. The molecule has 0 saturated carbocycles. The lowest BCUT2D eigenvalue weighted by atomic mass is 10.1. The topological polar surface area (TPSA) is 61.9 Å². The van der Waals surface area contributed by atoms with Crippen LogP contribution in [0.1, 0.15) is 5.56 Å². The predicted octanol–water partition coefficient (Wildman–Crippen LogP) is 1.84. The van der Waals surface area contributed by atoms with Crippen molar-refractivity contribution in [3.63, 3.8) is 0 Å². The minimum absolute atomic E-state index is 0.220. The van der Waals surface area contributed by atoms with Gasteiger partial charge in [0, 0.05) is 38.4 Å². The van der Waals surface area contributed by atoms with Gasteiger partial charge in [0.1, 0.15) is 11.6 Å². The van der Waals surface area contributed by atoms with Crippen molar-refractivity contribution in [1.82, 2.24) is 10.2 Å². The van der Waals surface area contributed by atoms with Crippen LogP contribution in [-0.2, 0) is 16.0 Å². The number of nitrogens with one attached hydrogen (secondary N) is 1. The molecule has 3 rings (SSSR count). The number of hydrogen-bond donors (Lipinski definition) is 1. The Bertz CT molecular complexity index is 818. The number of carbonyl (C=O) groups excluding carboxylic acids is 2. The number of ether oxygens (including phenoxy) is 1. The maximum Gasteiger partial charge on any atom is 0.312 e. The zero-order valence-electron chi connectivity index (χ0n) is 15.9. The summed E-state index contributed by atoms with van der Waals surface area (Å²) in [5.41, 5.74) is 1.57. The Labute approximate surface area is 163 Å². The summed E-state index contributed by atoms with van der Waals surface area (Å²) in [6.07, 6.45) is 0.344. The molecule has 0 atom stereocenters. The van der Waals surface area contributed by atoms with E-state index in [-0.39, 0.29) is 12.4 Å². The molecule has 1 fully saturated rings. The average Bonchev–Trinajstić information content (AvgIpc) is 2.74. The maximum absolute atomic E-state index is 13.6. The molecule has 7 heteroatoms. The highest BCUT2D eigenvalue weighted by Gasteiger charge is 2.25. The van der Waals surface area contributed by atoms with Crippen molar-refractivity contribution in [3.8, 4) is 5.75 Å². The molecule has 0 aromatic heterocycles. The highest BCUT2D eigenvalue weighted by Crippen LogP contribution is 2.20. The molecule has 2 aromatic rings. The van der Waals surface area contributed by atoms with Gasteiger partial charge in [0.25, 0.3) is 0 Å². The number of benzene rings is 2. The third-order valence-corrected chi connectivity index (χ3v) is 4.84. The molecular formula is C21H24FN3O3. The summed E-state index contributed by atoms with van der Waals surface area (Å²) in [5.74, 6) is -0.695. The van der Waals surface area contributed by atoms with Gasteiger partial charge >= 0.3 is 11.8 Å². The minimum atomic E-state index is -0.644. The fourth-order valence-electron chi connectivity index (χ4n) is 3.19. The molecule has 2 aromatic carbocycles. The summed E-state index contributed by atoms with van der Waals surface area (Å²) in [6.45, 7) is 2.48. The normalized spacial score (nSPS) is 13.9. The van der Waals surface area contributed by atoms with E-state index in [2.05, 4.69) is 10.2 Å². The molecule has 1 aliphatic rings. The van der Waals surface area contributed by atoms with Gasteiger partial charge in [0.15, 0.2) is 0 Å². The molecule has 6 nitrogen and oxygen atoms in total. The van der Waals surface area contributed by atoms with E-state index in [9.17, 15) is 14.0 Å². The molecule has 0 unspecified atom stereocenters. The van der Waals surface area contributed by atoms with Crippen LogP contribution in [0.3, 0.4) is 0 Å². The first-order valence-corrected chi connectivity index (χ1v) is 9.28. The van der Waals surface area contributed by atoms with Gasteiger partial charge < -0.3 is 19.9 Å². The monoisotopic (exact) mass is 385 g/mol. The second kappa shape index (κ2) is 9.21. The van der Waals surface area contributed by atoms with Gasteiger partial charge in [-0.2, -0.15) is 0 Å². The number of methoxy groups -OCH3 is 1. The SMILES string of the molecule is COc1ccc(N2CCN(C(=O)C(=O)NCCc3ccccc3F)CC2)cc1. The van der Waals surface area contributed by atoms with Crippen LogP contribution in [0, 0.1) is 5.82 Å². The molecular weight excluding hydrogens is 361 g/mol. The van der Waals surface area contributed by atoms with Crippen LogP contribution in [0.2, 0.25) is 0 Å². The fraction of sp³-hybridized carbons (Fsp3) is 0.333. The van der Waals surface area contributed by atoms with E-state index in [0.717, 1.165) is 11.4 Å². The molecule has 2 amide bonds. The van der Waals surface area contributed by atoms with Crippen molar-refractivity contribution in [2.24, 2.45) is 0 Å². The Morgan fingerprint density at radius 2 is 1.71 bits per heavy atom. The second-order valence-electron chi connectivity index (χ2n) is 6.57. The van der Waals surface area contributed by atoms with Crippen molar-refractivity contribution in [2.75, 3.05) is 44.7 Å². The molecule has 0 bridgehead atoms. The van der Waals surface area contributed by atoms with Gasteiger partial charge in [0.2, 0.25) is 0 Å². The summed E-state index contributed by atoms with van der Waals surface area (Å²) < 4.78 is 18.7. The molecule has 1 heterocycles. The van der Waals surface area contributed by atoms with Crippen LogP contribution in [-0.4, -0.2) is 56.5 Å². The molecule has 28 heavy (non-hydrogen) atoms. The second-order valence-corrected chi connectivity index (χ2v) is 6.57. The Hall–Kier alpha value is -3.09. The van der Waals surface area contributed by atoms with Crippen LogP contribution in [0.25, 0.3) is 0 Å². The lowest BCUT2D eigenvalue weighted by Crippen LogP contribution is -2.52. The summed E-state index contributed by atoms with van der Waals surface area (Å²) in [4.78, 5) is 28.2. The number of carbonyl (C=O) groups is 2. The highest BCUT2D eigenvalue weighted by atomic mass is 19.1. The molecule has 1 N–H and O–H groups in total. The molecule has 148 valence electrons. The van der Waals surface area contributed by atoms with Crippen molar-refractivity contribution >= 4 is 17.5 Å². The zero-order chi connectivity index (χ0) is 19.9. The number of amides is 2. The van der Waals surface area contributed by atoms with E-state index < -0.39 is 11.8 Å². The molecule has 1 saturated heterocycles. The summed E-state index contributed by atoms with van der Waals surface area (Å²) >= 11 is 0. The van der Waals surface area contributed by atoms with E-state index in [4.69, 9.17) is 4.74 Å². The van der Waals surface area contributed by atoms with E-state index >= 15 is 0 Å². The number of halogens is 1. The smallest absolute Gasteiger partial charge is 0.312 e. The van der Waals surface area contributed by atoms with Crippen LogP contribution in [0.4, 0.5) is 10.1 Å². The predicted molar refractivity (Wildman–Crippen MR) is 105 cm³/mol. The molecule has 0 radical (unpaired) electrons. The van der Waals surface area contributed by atoms with Crippen molar-refractivity contribution < 1.29 is 18.7 Å². The number of nitrogens with zero attached hydrogens (tertiary/aromatic N) is 2. The first-order valence-electron chi connectivity index (χ1n) is 9.28. The Morgan fingerprint density at radius 1 is 1.04 bits per heavy atom. The van der Waals surface area contributed by atoms with Gasteiger partial charge in [-0.1, -0.05) is 18.2 Å². The number of rotatable bonds is 5. The summed E-state index contributed by atoms with van der Waals surface area (Å²) in [6, 6.07) is 14.2. The van der Waals surface area contributed by atoms with E-state index in [1.165, 1.54) is 6.07 Å². The lowest BCUT2D eigenvalue weighted by Gasteiger charge is -2.35. The van der Waals surface area contributed by atoms with Crippen molar-refractivity contribution in [3.05, 3.63) is 59.9 Å². The van der Waals surface area contributed by atoms with Gasteiger partial charge in [-0.15, -0.1) is 0 Å². The van der Waals surface area contributed by atoms with E-state index in [1.54, 1.807) is 30.2 Å². The number of anilines is 1. The van der Waals surface area contributed by atoms with Crippen LogP contribution in [0.5, 0.6) is 5.75 Å². The third-order valence-electron chi connectivity index (χ3n) is 4.84. The zero-order valence-corrected chi connectivity index (χ0v) is 15.9. The lowest BCUT2D eigenvalue weighted by molar-refractivity contribution is -0.146. The molecule has 0 aliphatic carbocycles. The maximum atomic E-state index is 13.6. The van der Waals surface area contributed by atoms with Crippen molar-refractivity contribution in [1.29, 1.82) is 0 Å². The highest BCUT2D eigenvalue weighted by molar-refractivity contribution is 6.35. The molecule has 1 aliphatic heterocycles. The number of piperazine rings is 1. The average molecular weight is 385 g/mol. The van der Waals surface area contributed by atoms with Crippen molar-refractivity contribution in [2.45, 2.75) is 6.42 Å². The van der Waals surface area contributed by atoms with E-state index in [1.807, 2.05) is 24.3 Å². The van der Waals surface area contributed by atoms with Gasteiger partial charge in [-0.3, -0.25) is 9.59 Å². The van der Waals surface area contributed by atoms with Crippen LogP contribution >= 0.6 is 0 Å². The van der Waals surface area contributed by atoms with Crippen LogP contribution < -0.4 is 15.0 Å².